The van der Waals surface area contributed by atoms with Gasteiger partial charge in [0, 0.05) is 6.08 Å². The van der Waals surface area contributed by atoms with Gasteiger partial charge in [0.2, 0.25) is 0 Å². The molecule has 0 aromatic heterocycles. The van der Waals surface area contributed by atoms with Gasteiger partial charge in [-0.2, -0.15) is 0 Å². The molecule has 0 saturated carbocycles. The van der Waals surface area contributed by atoms with Gasteiger partial charge in [-0.3, -0.25) is 0 Å². The van der Waals surface area contributed by atoms with Crippen molar-refractivity contribution in [2.45, 2.75) is 32.8 Å². The third-order valence-electron chi connectivity index (χ3n) is 1.86. The predicted molar refractivity (Wildman–Crippen MR) is 65.1 cm³/mol. The second kappa shape index (κ2) is 5.50. The van der Waals surface area contributed by atoms with Crippen molar-refractivity contribution in [2.24, 2.45) is 0 Å². The number of esters is 1. The number of hydrogen-bond acceptors (Lipinski definition) is 2. The first-order valence-corrected chi connectivity index (χ1v) is 5.41. The summed E-state index contributed by atoms with van der Waals surface area (Å²) in [5.74, 6) is -0.288. The molecule has 0 aliphatic rings. The van der Waals surface area contributed by atoms with Crippen molar-refractivity contribution in [3.05, 3.63) is 48.0 Å². The van der Waals surface area contributed by atoms with E-state index in [1.54, 1.807) is 0 Å². The maximum Gasteiger partial charge on any atom is 0.330 e. The van der Waals surface area contributed by atoms with Crippen molar-refractivity contribution in [3.8, 4) is 0 Å². The minimum Gasteiger partial charge on any atom is -0.457 e. The Kier molecular flexibility index (Phi) is 4.29. The van der Waals surface area contributed by atoms with E-state index in [-0.39, 0.29) is 5.97 Å². The number of rotatable bonds is 3. The molecule has 2 heteroatoms. The van der Waals surface area contributed by atoms with Crippen molar-refractivity contribution in [1.29, 1.82) is 0 Å². The lowest BCUT2D eigenvalue weighted by molar-refractivity contribution is -0.148. The van der Waals surface area contributed by atoms with Crippen molar-refractivity contribution in [3.63, 3.8) is 0 Å². The number of allylic oxidation sites excluding steroid dienone is 1. The molecule has 0 unspecified atom stereocenters. The summed E-state index contributed by atoms with van der Waals surface area (Å²) >= 11 is 0. The van der Waals surface area contributed by atoms with Gasteiger partial charge in [-0.05, 0) is 32.8 Å². The molecule has 16 heavy (non-hydrogen) atoms. The van der Waals surface area contributed by atoms with E-state index in [0.717, 1.165) is 6.42 Å². The molecule has 86 valence electrons. The van der Waals surface area contributed by atoms with Gasteiger partial charge in [0.05, 0.1) is 0 Å². The van der Waals surface area contributed by atoms with E-state index in [2.05, 4.69) is 0 Å². The quantitative estimate of drug-likeness (QED) is 0.575. The van der Waals surface area contributed by atoms with Crippen LogP contribution in [-0.2, 0) is 16.0 Å². The van der Waals surface area contributed by atoms with Crippen LogP contribution in [0.2, 0.25) is 0 Å². The topological polar surface area (TPSA) is 26.3 Å². The van der Waals surface area contributed by atoms with E-state index < -0.39 is 5.60 Å². The van der Waals surface area contributed by atoms with Gasteiger partial charge >= 0.3 is 5.97 Å². The molecule has 1 aromatic rings. The number of ether oxygens (including phenoxy) is 1. The van der Waals surface area contributed by atoms with Gasteiger partial charge in [-0.25, -0.2) is 4.79 Å². The minimum atomic E-state index is -0.422. The van der Waals surface area contributed by atoms with Crippen LogP contribution in [0, 0.1) is 0 Å². The Morgan fingerprint density at radius 3 is 2.44 bits per heavy atom. The monoisotopic (exact) mass is 218 g/mol. The fourth-order valence-corrected chi connectivity index (χ4v) is 1.24. The molecule has 0 N–H and O–H groups in total. The van der Waals surface area contributed by atoms with Crippen LogP contribution in [0.25, 0.3) is 0 Å². The van der Waals surface area contributed by atoms with Crippen LogP contribution in [0.1, 0.15) is 26.3 Å². The highest BCUT2D eigenvalue weighted by molar-refractivity contribution is 5.82. The number of carbonyl (C=O) groups excluding carboxylic acids is 1. The van der Waals surface area contributed by atoms with Crippen LogP contribution < -0.4 is 0 Å². The highest BCUT2D eigenvalue weighted by Gasteiger charge is 2.13. The maximum atomic E-state index is 11.3. The summed E-state index contributed by atoms with van der Waals surface area (Å²) in [6.07, 6.45) is 4.06. The lowest BCUT2D eigenvalue weighted by Crippen LogP contribution is -2.22. The zero-order valence-electron chi connectivity index (χ0n) is 10.1. The number of hydrogen-bond donors (Lipinski definition) is 0. The Morgan fingerprint density at radius 2 is 1.88 bits per heavy atom. The Labute approximate surface area is 96.9 Å². The standard InChI is InChI=1S/C14H18O2/c1-14(2,3)16-13(15)11-7-10-12-8-5-4-6-9-12/h4-9,11H,10H2,1-3H3. The first-order chi connectivity index (χ1) is 7.47. The molecule has 0 saturated heterocycles. The second-order valence-electron chi connectivity index (χ2n) is 4.63. The smallest absolute Gasteiger partial charge is 0.330 e. The molecule has 0 bridgehead atoms. The fraction of sp³-hybridized carbons (Fsp3) is 0.357. The van der Waals surface area contributed by atoms with E-state index >= 15 is 0 Å². The van der Waals surface area contributed by atoms with Crippen LogP contribution >= 0.6 is 0 Å². The summed E-state index contributed by atoms with van der Waals surface area (Å²) in [6.45, 7) is 5.57. The SMILES string of the molecule is CC(C)(C)OC(=O)C=CCc1ccccc1. The Hall–Kier alpha value is -1.57. The van der Waals surface area contributed by atoms with Gasteiger partial charge in [-0.1, -0.05) is 36.4 Å². The summed E-state index contributed by atoms with van der Waals surface area (Å²) in [5.41, 5.74) is 0.760. The molecular formula is C14H18O2. The zero-order valence-corrected chi connectivity index (χ0v) is 10.1. The van der Waals surface area contributed by atoms with Crippen LogP contribution in [0.5, 0.6) is 0 Å². The van der Waals surface area contributed by atoms with Crippen molar-refractivity contribution in [2.75, 3.05) is 0 Å². The second-order valence-corrected chi connectivity index (χ2v) is 4.63. The number of carbonyl (C=O) groups is 1. The highest BCUT2D eigenvalue weighted by Crippen LogP contribution is 2.07. The summed E-state index contributed by atoms with van der Waals surface area (Å²) in [4.78, 5) is 11.3. The average molecular weight is 218 g/mol. The summed E-state index contributed by atoms with van der Waals surface area (Å²) < 4.78 is 5.15. The van der Waals surface area contributed by atoms with Crippen LogP contribution in [0.3, 0.4) is 0 Å². The molecule has 1 aromatic carbocycles. The van der Waals surface area contributed by atoms with Gasteiger partial charge in [-0.15, -0.1) is 0 Å². The normalized spacial score (nSPS) is 11.7. The van der Waals surface area contributed by atoms with E-state index in [4.69, 9.17) is 4.74 Å². The fourth-order valence-electron chi connectivity index (χ4n) is 1.24. The van der Waals surface area contributed by atoms with Crippen molar-refractivity contribution in [1.82, 2.24) is 0 Å². The minimum absolute atomic E-state index is 0.288. The molecule has 0 spiro atoms. The lowest BCUT2D eigenvalue weighted by Gasteiger charge is -2.17. The van der Waals surface area contributed by atoms with E-state index in [1.165, 1.54) is 11.6 Å². The van der Waals surface area contributed by atoms with Crippen LogP contribution in [-0.4, -0.2) is 11.6 Å². The van der Waals surface area contributed by atoms with E-state index in [0.29, 0.717) is 0 Å². The van der Waals surface area contributed by atoms with E-state index in [1.807, 2.05) is 57.2 Å². The van der Waals surface area contributed by atoms with E-state index in [9.17, 15) is 4.79 Å². The molecule has 0 aliphatic heterocycles. The third kappa shape index (κ3) is 5.35. The molecule has 0 heterocycles. The maximum absolute atomic E-state index is 11.3. The summed E-state index contributed by atoms with van der Waals surface area (Å²) in [7, 11) is 0. The van der Waals surface area contributed by atoms with Crippen LogP contribution in [0.4, 0.5) is 0 Å². The molecule has 0 atom stereocenters. The zero-order chi connectivity index (χ0) is 12.0. The Morgan fingerprint density at radius 1 is 1.25 bits per heavy atom. The summed E-state index contributed by atoms with van der Waals surface area (Å²) in [5, 5.41) is 0. The van der Waals surface area contributed by atoms with Crippen molar-refractivity contribution < 1.29 is 9.53 Å². The van der Waals surface area contributed by atoms with Crippen LogP contribution in [0.15, 0.2) is 42.5 Å². The van der Waals surface area contributed by atoms with Gasteiger partial charge in [0.1, 0.15) is 5.60 Å². The molecular weight excluding hydrogens is 200 g/mol. The predicted octanol–water partition coefficient (Wildman–Crippen LogP) is 3.13. The first-order valence-electron chi connectivity index (χ1n) is 5.41. The molecule has 1 rings (SSSR count). The molecule has 2 nitrogen and oxygen atoms in total. The largest absolute Gasteiger partial charge is 0.457 e. The first kappa shape index (κ1) is 12.5. The molecule has 0 radical (unpaired) electrons. The molecule has 0 amide bonds. The van der Waals surface area contributed by atoms with Gasteiger partial charge in [0.15, 0.2) is 0 Å². The Balaban J connectivity index is 2.41. The third-order valence-corrected chi connectivity index (χ3v) is 1.86. The Bertz CT molecular complexity index is 358. The average Bonchev–Trinajstić information content (AvgIpc) is 2.16. The summed E-state index contributed by atoms with van der Waals surface area (Å²) in [6, 6.07) is 9.99. The van der Waals surface area contributed by atoms with Gasteiger partial charge in [0.25, 0.3) is 0 Å². The van der Waals surface area contributed by atoms with Gasteiger partial charge < -0.3 is 4.74 Å². The molecule has 0 fully saturated rings. The molecule has 0 aliphatic carbocycles. The lowest BCUT2D eigenvalue weighted by atomic mass is 10.1. The highest BCUT2D eigenvalue weighted by atomic mass is 16.6. The van der Waals surface area contributed by atoms with Crippen molar-refractivity contribution >= 4 is 5.97 Å². The number of benzene rings is 1.